The van der Waals surface area contributed by atoms with Gasteiger partial charge in [0.2, 0.25) is 0 Å². The van der Waals surface area contributed by atoms with Crippen molar-refractivity contribution in [3.63, 3.8) is 0 Å². The maximum absolute atomic E-state index is 2.60. The summed E-state index contributed by atoms with van der Waals surface area (Å²) < 4.78 is 0. The molecule has 2 heteroatoms. The Morgan fingerprint density at radius 3 is 2.09 bits per heavy atom. The lowest BCUT2D eigenvalue weighted by atomic mass is 10.1. The van der Waals surface area contributed by atoms with Gasteiger partial charge in [0.25, 0.3) is 0 Å². The molecular weight excluding hydrogens is 268 g/mol. The Bertz CT molecular complexity index is 530. The van der Waals surface area contributed by atoms with Gasteiger partial charge in [-0.05, 0) is 43.5 Å². The second-order valence-electron chi connectivity index (χ2n) is 5.92. The normalized spacial score (nSPS) is 15.9. The molecular formula is C20H25N2. The van der Waals surface area contributed by atoms with Gasteiger partial charge >= 0.3 is 0 Å². The lowest BCUT2D eigenvalue weighted by molar-refractivity contribution is 0.255. The second-order valence-corrected chi connectivity index (χ2v) is 5.92. The third kappa shape index (κ3) is 4.35. The largest absolute Gasteiger partial charge is 0.369 e. The standard InChI is InChI=1S/C20H25N2/c1-3-9-19(10-4-1)11-7-8-14-21-15-17-22(18-16-21)20-12-5-2-6-13-20/h1-6,9-13H,7-8,14-18H2. The fraction of sp³-hybridized carbons (Fsp3) is 0.350. The van der Waals surface area contributed by atoms with E-state index in [2.05, 4.69) is 76.9 Å². The van der Waals surface area contributed by atoms with E-state index in [1.807, 2.05) is 0 Å². The summed E-state index contributed by atoms with van der Waals surface area (Å²) in [5, 5.41) is 0. The monoisotopic (exact) mass is 293 g/mol. The summed E-state index contributed by atoms with van der Waals surface area (Å²) in [6.45, 7) is 5.87. The van der Waals surface area contributed by atoms with Gasteiger partial charge in [0.15, 0.2) is 0 Å². The van der Waals surface area contributed by atoms with Crippen LogP contribution in [0.4, 0.5) is 5.69 Å². The van der Waals surface area contributed by atoms with E-state index in [1.165, 1.54) is 43.7 Å². The molecule has 2 aromatic carbocycles. The molecule has 1 aliphatic heterocycles. The predicted molar refractivity (Wildman–Crippen MR) is 94.2 cm³/mol. The van der Waals surface area contributed by atoms with Gasteiger partial charge in [-0.3, -0.25) is 4.90 Å². The van der Waals surface area contributed by atoms with Gasteiger partial charge in [0.1, 0.15) is 0 Å². The van der Waals surface area contributed by atoms with Crippen LogP contribution in [0, 0.1) is 6.42 Å². The molecule has 2 aromatic rings. The van der Waals surface area contributed by atoms with Gasteiger partial charge in [-0.15, -0.1) is 0 Å². The SMILES string of the molecule is [CH](CCCN1CCN(c2ccccc2)CC1)c1ccccc1. The summed E-state index contributed by atoms with van der Waals surface area (Å²) in [6.07, 6.45) is 4.77. The molecule has 0 bridgehead atoms. The Kier molecular flexibility index (Phi) is 5.49. The smallest absolute Gasteiger partial charge is 0.0367 e. The highest BCUT2D eigenvalue weighted by atomic mass is 15.3. The zero-order chi connectivity index (χ0) is 15.0. The summed E-state index contributed by atoms with van der Waals surface area (Å²) in [5.41, 5.74) is 2.70. The third-order valence-electron chi connectivity index (χ3n) is 4.35. The summed E-state index contributed by atoms with van der Waals surface area (Å²) in [7, 11) is 0. The van der Waals surface area contributed by atoms with E-state index in [0.717, 1.165) is 13.1 Å². The minimum Gasteiger partial charge on any atom is -0.369 e. The maximum atomic E-state index is 2.60. The van der Waals surface area contributed by atoms with Crippen LogP contribution >= 0.6 is 0 Å². The van der Waals surface area contributed by atoms with Gasteiger partial charge in [-0.1, -0.05) is 48.5 Å². The van der Waals surface area contributed by atoms with E-state index in [9.17, 15) is 0 Å². The molecule has 0 unspecified atom stereocenters. The van der Waals surface area contributed by atoms with Crippen molar-refractivity contribution in [3.8, 4) is 0 Å². The average Bonchev–Trinajstić information content (AvgIpc) is 2.61. The Balaban J connectivity index is 1.34. The summed E-state index contributed by atoms with van der Waals surface area (Å²) >= 11 is 0. The molecule has 1 heterocycles. The molecule has 0 aliphatic carbocycles. The number of anilines is 1. The Hall–Kier alpha value is -1.80. The van der Waals surface area contributed by atoms with Crippen LogP contribution in [-0.2, 0) is 0 Å². The molecule has 1 fully saturated rings. The summed E-state index contributed by atoms with van der Waals surface area (Å²) in [4.78, 5) is 5.09. The summed E-state index contributed by atoms with van der Waals surface area (Å²) in [5.74, 6) is 0. The van der Waals surface area contributed by atoms with Crippen molar-refractivity contribution in [2.45, 2.75) is 12.8 Å². The fourth-order valence-corrected chi connectivity index (χ4v) is 3.04. The first-order chi connectivity index (χ1) is 10.9. The van der Waals surface area contributed by atoms with Gasteiger partial charge in [0.05, 0.1) is 0 Å². The van der Waals surface area contributed by atoms with Crippen LogP contribution in [0.3, 0.4) is 0 Å². The van der Waals surface area contributed by atoms with Gasteiger partial charge in [-0.25, -0.2) is 0 Å². The van der Waals surface area contributed by atoms with E-state index in [4.69, 9.17) is 0 Å². The third-order valence-corrected chi connectivity index (χ3v) is 4.35. The van der Waals surface area contributed by atoms with Gasteiger partial charge in [0, 0.05) is 31.9 Å². The molecule has 0 amide bonds. The highest BCUT2D eigenvalue weighted by Crippen LogP contribution is 2.16. The highest BCUT2D eigenvalue weighted by Gasteiger charge is 2.16. The fourth-order valence-electron chi connectivity index (χ4n) is 3.04. The van der Waals surface area contributed by atoms with Crippen LogP contribution in [0.1, 0.15) is 18.4 Å². The maximum Gasteiger partial charge on any atom is 0.0367 e. The van der Waals surface area contributed by atoms with Gasteiger partial charge < -0.3 is 4.90 Å². The number of unbranched alkanes of at least 4 members (excludes halogenated alkanes) is 1. The Morgan fingerprint density at radius 2 is 1.41 bits per heavy atom. The number of nitrogens with zero attached hydrogens (tertiary/aromatic N) is 2. The minimum atomic E-state index is 1.15. The first-order valence-corrected chi connectivity index (χ1v) is 8.32. The quantitative estimate of drug-likeness (QED) is 0.747. The van der Waals surface area contributed by atoms with E-state index >= 15 is 0 Å². The van der Waals surface area contributed by atoms with Gasteiger partial charge in [-0.2, -0.15) is 0 Å². The minimum absolute atomic E-state index is 1.15. The van der Waals surface area contributed by atoms with Crippen molar-refractivity contribution >= 4 is 5.69 Å². The number of hydrogen-bond acceptors (Lipinski definition) is 2. The van der Waals surface area contributed by atoms with Crippen LogP contribution in [0.2, 0.25) is 0 Å². The zero-order valence-corrected chi connectivity index (χ0v) is 13.2. The van der Waals surface area contributed by atoms with Crippen LogP contribution in [0.5, 0.6) is 0 Å². The van der Waals surface area contributed by atoms with Crippen molar-refractivity contribution in [3.05, 3.63) is 72.6 Å². The number of hydrogen-bond donors (Lipinski definition) is 0. The predicted octanol–water partition coefficient (Wildman–Crippen LogP) is 3.84. The van der Waals surface area contributed by atoms with E-state index in [0.29, 0.717) is 0 Å². The molecule has 1 saturated heterocycles. The van der Waals surface area contributed by atoms with Crippen LogP contribution in [0.15, 0.2) is 60.7 Å². The zero-order valence-electron chi connectivity index (χ0n) is 13.2. The topological polar surface area (TPSA) is 6.48 Å². The molecule has 22 heavy (non-hydrogen) atoms. The van der Waals surface area contributed by atoms with Crippen molar-refractivity contribution in [1.29, 1.82) is 0 Å². The molecule has 2 nitrogen and oxygen atoms in total. The Morgan fingerprint density at radius 1 is 0.773 bits per heavy atom. The lowest BCUT2D eigenvalue weighted by Gasteiger charge is -2.36. The van der Waals surface area contributed by atoms with Crippen LogP contribution < -0.4 is 4.90 Å². The number of benzene rings is 2. The van der Waals surface area contributed by atoms with Crippen molar-refractivity contribution in [1.82, 2.24) is 4.90 Å². The van der Waals surface area contributed by atoms with E-state index < -0.39 is 0 Å². The Labute approximate surface area is 134 Å². The first-order valence-electron chi connectivity index (χ1n) is 8.32. The lowest BCUT2D eigenvalue weighted by Crippen LogP contribution is -2.46. The number of piperazine rings is 1. The van der Waals surface area contributed by atoms with Crippen molar-refractivity contribution < 1.29 is 0 Å². The molecule has 1 radical (unpaired) electrons. The molecule has 0 atom stereocenters. The molecule has 115 valence electrons. The molecule has 0 aromatic heterocycles. The van der Waals surface area contributed by atoms with Crippen molar-refractivity contribution in [2.24, 2.45) is 0 Å². The molecule has 0 N–H and O–H groups in total. The highest BCUT2D eigenvalue weighted by molar-refractivity contribution is 5.46. The molecule has 0 saturated carbocycles. The van der Waals surface area contributed by atoms with Crippen LogP contribution in [-0.4, -0.2) is 37.6 Å². The molecule has 0 spiro atoms. The van der Waals surface area contributed by atoms with Crippen LogP contribution in [0.25, 0.3) is 0 Å². The van der Waals surface area contributed by atoms with Crippen molar-refractivity contribution in [2.75, 3.05) is 37.6 Å². The number of para-hydroxylation sites is 1. The molecule has 3 rings (SSSR count). The first kappa shape index (κ1) is 15.1. The number of rotatable bonds is 6. The summed E-state index contributed by atoms with van der Waals surface area (Å²) in [6, 6.07) is 21.4. The molecule has 1 aliphatic rings. The second kappa shape index (κ2) is 8.00. The average molecular weight is 293 g/mol. The van der Waals surface area contributed by atoms with E-state index in [-0.39, 0.29) is 0 Å². The van der Waals surface area contributed by atoms with E-state index in [1.54, 1.807) is 0 Å².